The van der Waals surface area contributed by atoms with Gasteiger partial charge in [-0.2, -0.15) is 0 Å². The Balaban J connectivity index is 1.46. The van der Waals surface area contributed by atoms with E-state index < -0.39 is 0 Å². The van der Waals surface area contributed by atoms with Crippen molar-refractivity contribution in [3.63, 3.8) is 0 Å². The molecule has 0 N–H and O–H groups in total. The van der Waals surface area contributed by atoms with Crippen molar-refractivity contribution in [1.82, 2.24) is 4.98 Å². The van der Waals surface area contributed by atoms with E-state index in [1.807, 2.05) is 24.4 Å². The van der Waals surface area contributed by atoms with Gasteiger partial charge >= 0.3 is 0 Å². The molecule has 3 heteroatoms. The lowest BCUT2D eigenvalue weighted by molar-refractivity contribution is 0.672. The molecular formula is C33H20N2O. The third-order valence-corrected chi connectivity index (χ3v) is 7.21. The van der Waals surface area contributed by atoms with Gasteiger partial charge in [0.25, 0.3) is 0 Å². The van der Waals surface area contributed by atoms with E-state index in [1.54, 1.807) is 0 Å². The summed E-state index contributed by atoms with van der Waals surface area (Å²) in [4.78, 5) is 7.23. The van der Waals surface area contributed by atoms with E-state index in [2.05, 4.69) is 102 Å². The molecule has 0 bridgehead atoms. The number of benzene rings is 5. The molecule has 0 radical (unpaired) electrons. The van der Waals surface area contributed by atoms with Crippen LogP contribution in [0.25, 0.3) is 55.1 Å². The Kier molecular flexibility index (Phi) is 3.94. The second-order valence-corrected chi connectivity index (χ2v) is 9.22. The van der Waals surface area contributed by atoms with Crippen molar-refractivity contribution in [2.45, 2.75) is 0 Å². The van der Waals surface area contributed by atoms with Gasteiger partial charge < -0.3 is 9.32 Å². The summed E-state index contributed by atoms with van der Waals surface area (Å²) in [6.07, 6.45) is 1.88. The van der Waals surface area contributed by atoms with Crippen molar-refractivity contribution in [2.75, 3.05) is 4.90 Å². The number of furan rings is 1. The monoisotopic (exact) mass is 460 g/mol. The number of anilines is 3. The van der Waals surface area contributed by atoms with E-state index in [1.165, 1.54) is 16.5 Å². The first-order chi connectivity index (χ1) is 17.9. The van der Waals surface area contributed by atoms with Crippen molar-refractivity contribution in [1.29, 1.82) is 0 Å². The molecule has 7 aromatic rings. The minimum Gasteiger partial charge on any atom is -0.455 e. The highest BCUT2D eigenvalue weighted by Crippen LogP contribution is 2.52. The fraction of sp³-hybridized carbons (Fsp3) is 0. The van der Waals surface area contributed by atoms with Crippen LogP contribution >= 0.6 is 0 Å². The molecule has 0 spiro atoms. The Morgan fingerprint density at radius 3 is 2.31 bits per heavy atom. The molecule has 0 saturated heterocycles. The maximum Gasteiger partial charge on any atom is 0.143 e. The van der Waals surface area contributed by atoms with Crippen LogP contribution in [0.2, 0.25) is 0 Å². The van der Waals surface area contributed by atoms with Crippen molar-refractivity contribution >= 4 is 49.8 Å². The maximum absolute atomic E-state index is 6.41. The van der Waals surface area contributed by atoms with Gasteiger partial charge in [-0.1, -0.05) is 72.8 Å². The minimum atomic E-state index is 0.907. The smallest absolute Gasteiger partial charge is 0.143 e. The largest absolute Gasteiger partial charge is 0.455 e. The zero-order valence-electron chi connectivity index (χ0n) is 19.3. The molecule has 8 rings (SSSR count). The number of pyridine rings is 1. The van der Waals surface area contributed by atoms with Crippen LogP contribution < -0.4 is 4.90 Å². The number of hydrogen-bond donors (Lipinski definition) is 0. The lowest BCUT2D eigenvalue weighted by Crippen LogP contribution is -2.15. The van der Waals surface area contributed by atoms with E-state index in [4.69, 9.17) is 9.40 Å². The molecule has 3 heterocycles. The SMILES string of the molecule is c1ccc(-c2cccc(N3c4cccnc4-c4cc5c6ccccc6oc5c5cccc3c45)c2)cc1. The van der Waals surface area contributed by atoms with Crippen LogP contribution in [0.1, 0.15) is 0 Å². The van der Waals surface area contributed by atoms with Gasteiger partial charge in [0, 0.05) is 39.0 Å². The number of rotatable bonds is 2. The van der Waals surface area contributed by atoms with Crippen molar-refractivity contribution in [2.24, 2.45) is 0 Å². The topological polar surface area (TPSA) is 29.3 Å². The van der Waals surface area contributed by atoms with Crippen LogP contribution in [0.3, 0.4) is 0 Å². The van der Waals surface area contributed by atoms with E-state index in [0.717, 1.165) is 55.6 Å². The Morgan fingerprint density at radius 2 is 1.36 bits per heavy atom. The Hall–Kier alpha value is -4.89. The summed E-state index contributed by atoms with van der Waals surface area (Å²) >= 11 is 0. The van der Waals surface area contributed by atoms with Crippen LogP contribution in [-0.2, 0) is 0 Å². The second kappa shape index (κ2) is 7.30. The lowest BCUT2D eigenvalue weighted by atomic mass is 9.91. The molecule has 3 nitrogen and oxygen atoms in total. The molecule has 168 valence electrons. The molecule has 0 amide bonds. The van der Waals surface area contributed by atoms with Crippen LogP contribution in [0.15, 0.2) is 126 Å². The summed E-state index contributed by atoms with van der Waals surface area (Å²) in [5.41, 5.74) is 9.66. The highest BCUT2D eigenvalue weighted by Gasteiger charge is 2.29. The predicted molar refractivity (Wildman–Crippen MR) is 148 cm³/mol. The summed E-state index contributed by atoms with van der Waals surface area (Å²) in [6, 6.07) is 40.4. The molecule has 5 aromatic carbocycles. The third-order valence-electron chi connectivity index (χ3n) is 7.21. The van der Waals surface area contributed by atoms with E-state index in [-0.39, 0.29) is 0 Å². The van der Waals surface area contributed by atoms with E-state index in [0.29, 0.717) is 0 Å². The predicted octanol–water partition coefficient (Wildman–Crippen LogP) is 9.25. The van der Waals surface area contributed by atoms with Crippen molar-refractivity contribution < 1.29 is 4.42 Å². The first-order valence-electron chi connectivity index (χ1n) is 12.1. The number of para-hydroxylation sites is 1. The molecule has 36 heavy (non-hydrogen) atoms. The number of aromatic nitrogens is 1. The average Bonchev–Trinajstić information content (AvgIpc) is 3.33. The van der Waals surface area contributed by atoms with Crippen LogP contribution in [-0.4, -0.2) is 4.98 Å². The fourth-order valence-electron chi connectivity index (χ4n) is 5.66. The highest BCUT2D eigenvalue weighted by atomic mass is 16.3. The van der Waals surface area contributed by atoms with E-state index in [9.17, 15) is 0 Å². The zero-order valence-corrected chi connectivity index (χ0v) is 19.3. The molecule has 0 aliphatic carbocycles. The Morgan fingerprint density at radius 1 is 0.583 bits per heavy atom. The van der Waals surface area contributed by atoms with Crippen LogP contribution in [0.5, 0.6) is 0 Å². The molecule has 1 aliphatic heterocycles. The Bertz CT molecular complexity index is 1950. The summed E-state index contributed by atoms with van der Waals surface area (Å²) < 4.78 is 6.41. The summed E-state index contributed by atoms with van der Waals surface area (Å²) in [5, 5.41) is 4.53. The Labute approximate surface area is 207 Å². The standard InChI is InChI=1S/C33H20N2O/c1-2-9-21(10-3-1)22-11-6-12-23(19-22)35-28-15-7-14-25-31(28)27(32-29(35)16-8-18-34-32)20-26-24-13-4-5-17-30(24)36-33(25)26/h1-20H. The molecule has 0 atom stereocenters. The lowest BCUT2D eigenvalue weighted by Gasteiger charge is -2.33. The van der Waals surface area contributed by atoms with Crippen molar-refractivity contribution in [3.8, 4) is 22.4 Å². The zero-order chi connectivity index (χ0) is 23.6. The molecule has 2 aromatic heterocycles. The van der Waals surface area contributed by atoms with Gasteiger partial charge in [0.1, 0.15) is 11.2 Å². The second-order valence-electron chi connectivity index (χ2n) is 9.22. The molecule has 1 aliphatic rings. The number of nitrogens with zero attached hydrogens (tertiary/aromatic N) is 2. The minimum absolute atomic E-state index is 0.907. The maximum atomic E-state index is 6.41. The molecule has 0 saturated carbocycles. The van der Waals surface area contributed by atoms with Gasteiger partial charge in [-0.15, -0.1) is 0 Å². The highest BCUT2D eigenvalue weighted by molar-refractivity contribution is 6.24. The average molecular weight is 461 g/mol. The summed E-state index contributed by atoms with van der Waals surface area (Å²) in [7, 11) is 0. The first kappa shape index (κ1) is 19.4. The van der Waals surface area contributed by atoms with Crippen LogP contribution in [0, 0.1) is 0 Å². The summed E-state index contributed by atoms with van der Waals surface area (Å²) in [6.45, 7) is 0. The quantitative estimate of drug-likeness (QED) is 0.257. The van der Waals surface area contributed by atoms with Gasteiger partial charge in [-0.3, -0.25) is 4.98 Å². The summed E-state index contributed by atoms with van der Waals surface area (Å²) in [5.74, 6) is 0. The van der Waals surface area contributed by atoms with Crippen LogP contribution in [0.4, 0.5) is 17.1 Å². The molecule has 0 unspecified atom stereocenters. The fourth-order valence-corrected chi connectivity index (χ4v) is 5.66. The van der Waals surface area contributed by atoms with E-state index >= 15 is 0 Å². The number of hydrogen-bond acceptors (Lipinski definition) is 3. The molecular weight excluding hydrogens is 440 g/mol. The molecule has 0 fully saturated rings. The van der Waals surface area contributed by atoms with Gasteiger partial charge in [-0.05, 0) is 53.6 Å². The first-order valence-corrected chi connectivity index (χ1v) is 12.1. The van der Waals surface area contributed by atoms with Gasteiger partial charge in [-0.25, -0.2) is 0 Å². The van der Waals surface area contributed by atoms with Crippen molar-refractivity contribution in [3.05, 3.63) is 121 Å². The van der Waals surface area contributed by atoms with Gasteiger partial charge in [0.05, 0.1) is 17.1 Å². The third kappa shape index (κ3) is 2.65. The normalized spacial score (nSPS) is 12.4. The number of fused-ring (bicyclic) bond motifs is 6. The van der Waals surface area contributed by atoms with Gasteiger partial charge in [0.2, 0.25) is 0 Å². The van der Waals surface area contributed by atoms with Gasteiger partial charge in [0.15, 0.2) is 0 Å².